The van der Waals surface area contributed by atoms with E-state index in [1.165, 1.54) is 0 Å². The zero-order valence-corrected chi connectivity index (χ0v) is 12.1. The van der Waals surface area contributed by atoms with Gasteiger partial charge in [-0.15, -0.1) is 0 Å². The first-order chi connectivity index (χ1) is 10.2. The highest BCUT2D eigenvalue weighted by atomic mass is 35.5. The van der Waals surface area contributed by atoms with Crippen LogP contribution in [-0.2, 0) is 6.42 Å². The second kappa shape index (κ2) is 6.06. The Hall–Kier alpha value is -2.20. The molecule has 2 aromatic rings. The molecule has 0 spiro atoms. The molecule has 108 valence electrons. The molecule has 2 aromatic carbocycles. The molecule has 1 heterocycles. The molecule has 0 aromatic heterocycles. The number of amides is 2. The Morgan fingerprint density at radius 2 is 2.05 bits per heavy atom. The zero-order chi connectivity index (χ0) is 14.7. The van der Waals surface area contributed by atoms with Gasteiger partial charge in [-0.3, -0.25) is 0 Å². The first-order valence-electron chi connectivity index (χ1n) is 6.74. The Kier molecular flexibility index (Phi) is 3.97. The number of rotatable bonds is 2. The molecule has 3 rings (SSSR count). The molecule has 0 radical (unpaired) electrons. The van der Waals surface area contributed by atoms with Gasteiger partial charge in [0.2, 0.25) is 0 Å². The number of nitrogens with one attached hydrogen (secondary N) is 2. The molecule has 0 saturated carbocycles. The second-order valence-corrected chi connectivity index (χ2v) is 5.37. The van der Waals surface area contributed by atoms with E-state index in [0.717, 1.165) is 17.7 Å². The van der Waals surface area contributed by atoms with Crippen molar-refractivity contribution < 1.29 is 9.53 Å². The summed E-state index contributed by atoms with van der Waals surface area (Å²) in [6.45, 7) is 0.472. The topological polar surface area (TPSA) is 50.4 Å². The molecule has 5 heteroatoms. The minimum atomic E-state index is -0.259. The van der Waals surface area contributed by atoms with Crippen LogP contribution in [0.3, 0.4) is 0 Å². The van der Waals surface area contributed by atoms with Crippen LogP contribution in [0, 0.1) is 0 Å². The summed E-state index contributed by atoms with van der Waals surface area (Å²) < 4.78 is 5.64. The number of benzene rings is 2. The molecular weight excluding hydrogens is 288 g/mol. The van der Waals surface area contributed by atoms with E-state index in [4.69, 9.17) is 16.3 Å². The molecule has 0 bridgehead atoms. The fourth-order valence-electron chi connectivity index (χ4n) is 2.34. The highest BCUT2D eigenvalue weighted by molar-refractivity contribution is 6.30. The largest absolute Gasteiger partial charge is 0.491 e. The van der Waals surface area contributed by atoms with E-state index in [1.807, 2.05) is 24.3 Å². The summed E-state index contributed by atoms with van der Waals surface area (Å²) in [4.78, 5) is 12.0. The highest BCUT2D eigenvalue weighted by Gasteiger charge is 2.20. The highest BCUT2D eigenvalue weighted by Crippen LogP contribution is 2.24. The van der Waals surface area contributed by atoms with E-state index in [-0.39, 0.29) is 12.1 Å². The third kappa shape index (κ3) is 3.47. The van der Waals surface area contributed by atoms with Crippen LogP contribution in [0.4, 0.5) is 10.5 Å². The summed E-state index contributed by atoms with van der Waals surface area (Å²) in [5.74, 6) is 0.894. The number of para-hydroxylation sites is 1. The lowest BCUT2D eigenvalue weighted by Gasteiger charge is -2.26. The van der Waals surface area contributed by atoms with Gasteiger partial charge < -0.3 is 15.4 Å². The number of halogens is 1. The molecule has 2 amide bonds. The van der Waals surface area contributed by atoms with Gasteiger partial charge in [0, 0.05) is 10.7 Å². The number of urea groups is 1. The summed E-state index contributed by atoms with van der Waals surface area (Å²) in [6, 6.07) is 14.6. The first kappa shape index (κ1) is 13.8. The van der Waals surface area contributed by atoms with Crippen LogP contribution in [-0.4, -0.2) is 18.7 Å². The van der Waals surface area contributed by atoms with Gasteiger partial charge in [-0.05, 0) is 36.2 Å². The SMILES string of the molecule is O=C(Nc1cccc(Cl)c1)N[C@H]1COc2ccccc2C1. The second-order valence-electron chi connectivity index (χ2n) is 4.93. The van der Waals surface area contributed by atoms with Crippen molar-refractivity contribution in [3.05, 3.63) is 59.1 Å². The van der Waals surface area contributed by atoms with Gasteiger partial charge in [0.15, 0.2) is 0 Å². The minimum Gasteiger partial charge on any atom is -0.491 e. The van der Waals surface area contributed by atoms with Gasteiger partial charge in [0.05, 0.1) is 6.04 Å². The standard InChI is InChI=1S/C16H15ClN2O2/c17-12-5-3-6-13(9-12)18-16(20)19-14-8-11-4-1-2-7-15(11)21-10-14/h1-7,9,14H,8,10H2,(H2,18,19,20)/t14-/m1/s1. The van der Waals surface area contributed by atoms with Gasteiger partial charge >= 0.3 is 6.03 Å². The van der Waals surface area contributed by atoms with E-state index < -0.39 is 0 Å². The third-order valence-electron chi connectivity index (χ3n) is 3.30. The summed E-state index contributed by atoms with van der Waals surface area (Å²) >= 11 is 5.88. The normalized spacial score (nSPS) is 16.5. The Labute approximate surface area is 128 Å². The van der Waals surface area contributed by atoms with E-state index in [2.05, 4.69) is 10.6 Å². The Morgan fingerprint density at radius 3 is 2.90 bits per heavy atom. The maximum absolute atomic E-state index is 12.0. The van der Waals surface area contributed by atoms with Gasteiger partial charge in [0.1, 0.15) is 12.4 Å². The lowest BCUT2D eigenvalue weighted by Crippen LogP contribution is -2.44. The Bertz CT molecular complexity index is 660. The van der Waals surface area contributed by atoms with E-state index in [1.54, 1.807) is 24.3 Å². The lowest BCUT2D eigenvalue weighted by atomic mass is 10.0. The van der Waals surface area contributed by atoms with E-state index >= 15 is 0 Å². The maximum atomic E-state index is 12.0. The van der Waals surface area contributed by atoms with Crippen molar-refractivity contribution in [3.63, 3.8) is 0 Å². The van der Waals surface area contributed by atoms with Crippen LogP contribution >= 0.6 is 11.6 Å². The van der Waals surface area contributed by atoms with Crippen LogP contribution < -0.4 is 15.4 Å². The fourth-order valence-corrected chi connectivity index (χ4v) is 2.53. The maximum Gasteiger partial charge on any atom is 0.319 e. The number of ether oxygens (including phenoxy) is 1. The van der Waals surface area contributed by atoms with Crippen molar-refractivity contribution >= 4 is 23.3 Å². The predicted octanol–water partition coefficient (Wildman–Crippen LogP) is 3.47. The number of hydrogen-bond donors (Lipinski definition) is 2. The molecule has 1 atom stereocenters. The first-order valence-corrected chi connectivity index (χ1v) is 7.12. The summed E-state index contributed by atoms with van der Waals surface area (Å²) in [5, 5.41) is 6.26. The smallest absolute Gasteiger partial charge is 0.319 e. The van der Waals surface area contributed by atoms with Crippen molar-refractivity contribution in [3.8, 4) is 5.75 Å². The minimum absolute atomic E-state index is 0.0425. The average Bonchev–Trinajstić information content (AvgIpc) is 2.47. The number of fused-ring (bicyclic) bond motifs is 1. The van der Waals surface area contributed by atoms with E-state index in [0.29, 0.717) is 17.3 Å². The van der Waals surface area contributed by atoms with Gasteiger partial charge in [-0.1, -0.05) is 35.9 Å². The van der Waals surface area contributed by atoms with Crippen molar-refractivity contribution in [2.45, 2.75) is 12.5 Å². The van der Waals surface area contributed by atoms with Crippen LogP contribution in [0.25, 0.3) is 0 Å². The molecule has 1 aliphatic rings. The lowest BCUT2D eigenvalue weighted by molar-refractivity contribution is 0.222. The Balaban J connectivity index is 1.59. The van der Waals surface area contributed by atoms with Gasteiger partial charge in [-0.25, -0.2) is 4.79 Å². The van der Waals surface area contributed by atoms with Crippen LogP contribution in [0.15, 0.2) is 48.5 Å². The van der Waals surface area contributed by atoms with Gasteiger partial charge in [0.25, 0.3) is 0 Å². The summed E-state index contributed by atoms with van der Waals surface area (Å²) in [7, 11) is 0. The van der Waals surface area contributed by atoms with Crippen LogP contribution in [0.5, 0.6) is 5.75 Å². The van der Waals surface area contributed by atoms with Crippen LogP contribution in [0.1, 0.15) is 5.56 Å². The van der Waals surface area contributed by atoms with Crippen molar-refractivity contribution in [1.82, 2.24) is 5.32 Å². The molecule has 1 aliphatic heterocycles. The zero-order valence-electron chi connectivity index (χ0n) is 11.3. The van der Waals surface area contributed by atoms with E-state index in [9.17, 15) is 4.79 Å². The quantitative estimate of drug-likeness (QED) is 0.892. The molecular formula is C16H15ClN2O2. The van der Waals surface area contributed by atoms with Crippen molar-refractivity contribution in [2.24, 2.45) is 0 Å². The van der Waals surface area contributed by atoms with Gasteiger partial charge in [-0.2, -0.15) is 0 Å². The molecule has 21 heavy (non-hydrogen) atoms. The summed E-state index contributed by atoms with van der Waals surface area (Å²) in [6.07, 6.45) is 0.763. The Morgan fingerprint density at radius 1 is 1.19 bits per heavy atom. The average molecular weight is 303 g/mol. The summed E-state index contributed by atoms with van der Waals surface area (Å²) in [5.41, 5.74) is 1.77. The fraction of sp³-hybridized carbons (Fsp3) is 0.188. The molecule has 4 nitrogen and oxygen atoms in total. The molecule has 0 fully saturated rings. The number of carbonyl (C=O) groups is 1. The molecule has 0 aliphatic carbocycles. The third-order valence-corrected chi connectivity index (χ3v) is 3.53. The number of hydrogen-bond acceptors (Lipinski definition) is 2. The van der Waals surface area contributed by atoms with Crippen LogP contribution in [0.2, 0.25) is 5.02 Å². The monoisotopic (exact) mass is 302 g/mol. The molecule has 0 saturated heterocycles. The molecule has 0 unspecified atom stereocenters. The predicted molar refractivity (Wildman–Crippen MR) is 83.0 cm³/mol. The molecule has 2 N–H and O–H groups in total. The number of anilines is 1. The van der Waals surface area contributed by atoms with Crippen molar-refractivity contribution in [1.29, 1.82) is 0 Å². The number of carbonyl (C=O) groups excluding carboxylic acids is 1. The van der Waals surface area contributed by atoms with Crippen molar-refractivity contribution in [2.75, 3.05) is 11.9 Å².